The van der Waals surface area contributed by atoms with Crippen molar-refractivity contribution in [3.63, 3.8) is 0 Å². The number of benzene rings is 2. The molecular formula is C17H11F3N6O2. The van der Waals surface area contributed by atoms with Crippen LogP contribution in [0, 0.1) is 0 Å². The summed E-state index contributed by atoms with van der Waals surface area (Å²) >= 11 is 0. The zero-order chi connectivity index (χ0) is 19.7. The van der Waals surface area contributed by atoms with Crippen LogP contribution in [0.2, 0.25) is 0 Å². The van der Waals surface area contributed by atoms with Crippen molar-refractivity contribution in [1.82, 2.24) is 24.5 Å². The minimum absolute atomic E-state index is 0.0475. The number of nitrogens with one attached hydrogen (secondary N) is 2. The van der Waals surface area contributed by atoms with Crippen molar-refractivity contribution in [3.8, 4) is 11.7 Å². The van der Waals surface area contributed by atoms with Gasteiger partial charge in [0.15, 0.2) is 0 Å². The Morgan fingerprint density at radius 1 is 1.07 bits per heavy atom. The molecule has 2 aromatic carbocycles. The molecule has 0 saturated heterocycles. The zero-order valence-corrected chi connectivity index (χ0v) is 13.9. The van der Waals surface area contributed by atoms with Gasteiger partial charge in [-0.3, -0.25) is 0 Å². The number of hydrogen-bond donors (Lipinski definition) is 2. The Labute approximate surface area is 154 Å². The smallest absolute Gasteiger partial charge is 0.406 e. The first-order valence-electron chi connectivity index (χ1n) is 7.91. The van der Waals surface area contributed by atoms with Gasteiger partial charge in [-0.15, -0.1) is 13.2 Å². The Balaban J connectivity index is 1.66. The summed E-state index contributed by atoms with van der Waals surface area (Å²) in [7, 11) is 0. The van der Waals surface area contributed by atoms with E-state index in [0.29, 0.717) is 11.0 Å². The van der Waals surface area contributed by atoms with E-state index in [1.54, 1.807) is 24.3 Å². The maximum atomic E-state index is 12.4. The van der Waals surface area contributed by atoms with Gasteiger partial charge in [0.2, 0.25) is 11.9 Å². The SMILES string of the molecule is O=c1[nH]c2ccccc2n1-c1ncnc(Nc2cccc(OC(F)(F)F)c2)n1. The standard InChI is InChI=1S/C17H11F3N6O2/c18-17(19,20)28-11-5-3-4-10(8-11)23-14-21-9-22-15(25-14)26-13-7-2-1-6-12(13)24-16(26)27/h1-9H,(H,24,27)(H,21,22,23,25). The third-order valence-electron chi connectivity index (χ3n) is 3.67. The van der Waals surface area contributed by atoms with Gasteiger partial charge in [0.25, 0.3) is 0 Å². The largest absolute Gasteiger partial charge is 0.573 e. The van der Waals surface area contributed by atoms with Crippen LogP contribution in [0.1, 0.15) is 0 Å². The number of imidazole rings is 1. The number of anilines is 2. The number of para-hydroxylation sites is 2. The van der Waals surface area contributed by atoms with E-state index in [1.807, 2.05) is 0 Å². The van der Waals surface area contributed by atoms with Gasteiger partial charge in [-0.1, -0.05) is 18.2 Å². The summed E-state index contributed by atoms with van der Waals surface area (Å²) in [4.78, 5) is 27.1. The Hall–Kier alpha value is -3.89. The number of aromatic nitrogens is 5. The van der Waals surface area contributed by atoms with Crippen molar-refractivity contribution in [1.29, 1.82) is 0 Å². The first kappa shape index (κ1) is 17.5. The van der Waals surface area contributed by atoms with Gasteiger partial charge in [0, 0.05) is 11.8 Å². The van der Waals surface area contributed by atoms with Crippen LogP contribution in [0.15, 0.2) is 59.7 Å². The minimum atomic E-state index is -4.80. The second-order valence-corrected chi connectivity index (χ2v) is 5.59. The molecule has 11 heteroatoms. The second-order valence-electron chi connectivity index (χ2n) is 5.59. The molecule has 0 fully saturated rings. The number of H-pyrrole nitrogens is 1. The van der Waals surface area contributed by atoms with Crippen molar-refractivity contribution in [3.05, 3.63) is 65.3 Å². The van der Waals surface area contributed by atoms with Gasteiger partial charge in [-0.2, -0.15) is 4.98 Å². The number of hydrogen-bond acceptors (Lipinski definition) is 6. The highest BCUT2D eigenvalue weighted by Crippen LogP contribution is 2.26. The average molecular weight is 388 g/mol. The minimum Gasteiger partial charge on any atom is -0.406 e. The molecule has 0 aliphatic heterocycles. The number of ether oxygens (including phenoxy) is 1. The number of nitrogens with zero attached hydrogens (tertiary/aromatic N) is 4. The predicted octanol–water partition coefficient (Wildman–Crippen LogP) is 3.15. The predicted molar refractivity (Wildman–Crippen MR) is 93.7 cm³/mol. The molecule has 0 aliphatic rings. The Morgan fingerprint density at radius 3 is 2.71 bits per heavy atom. The molecule has 0 spiro atoms. The van der Waals surface area contributed by atoms with Gasteiger partial charge in [-0.05, 0) is 24.3 Å². The molecular weight excluding hydrogens is 377 g/mol. The van der Waals surface area contributed by atoms with Crippen molar-refractivity contribution >= 4 is 22.7 Å². The summed E-state index contributed by atoms with van der Waals surface area (Å²) in [5, 5.41) is 2.76. The lowest BCUT2D eigenvalue weighted by Gasteiger charge is -2.11. The van der Waals surface area contributed by atoms with Crippen molar-refractivity contribution < 1.29 is 17.9 Å². The highest BCUT2D eigenvalue weighted by Gasteiger charge is 2.31. The molecule has 28 heavy (non-hydrogen) atoms. The van der Waals surface area contributed by atoms with Gasteiger partial charge in [0.05, 0.1) is 11.0 Å². The van der Waals surface area contributed by atoms with E-state index in [-0.39, 0.29) is 23.3 Å². The van der Waals surface area contributed by atoms with Gasteiger partial charge >= 0.3 is 12.1 Å². The lowest BCUT2D eigenvalue weighted by Crippen LogP contribution is -2.18. The summed E-state index contributed by atoms with van der Waals surface area (Å²) in [6, 6.07) is 12.2. The van der Waals surface area contributed by atoms with Crippen LogP contribution in [-0.4, -0.2) is 30.9 Å². The number of halogens is 3. The third-order valence-corrected chi connectivity index (χ3v) is 3.67. The first-order chi connectivity index (χ1) is 13.4. The van der Waals surface area contributed by atoms with Crippen LogP contribution in [0.5, 0.6) is 5.75 Å². The van der Waals surface area contributed by atoms with E-state index in [0.717, 1.165) is 6.07 Å². The lowest BCUT2D eigenvalue weighted by atomic mass is 10.3. The molecule has 0 saturated carbocycles. The monoisotopic (exact) mass is 388 g/mol. The molecule has 4 aromatic rings. The van der Waals surface area contributed by atoms with Crippen molar-refractivity contribution in [2.24, 2.45) is 0 Å². The fourth-order valence-corrected chi connectivity index (χ4v) is 2.61. The van der Waals surface area contributed by atoms with E-state index in [9.17, 15) is 18.0 Å². The van der Waals surface area contributed by atoms with Crippen LogP contribution in [0.3, 0.4) is 0 Å². The van der Waals surface area contributed by atoms with Crippen LogP contribution < -0.4 is 15.7 Å². The summed E-state index contributed by atoms with van der Waals surface area (Å²) in [6.45, 7) is 0. The van der Waals surface area contributed by atoms with Crippen molar-refractivity contribution in [2.45, 2.75) is 6.36 Å². The van der Waals surface area contributed by atoms with Crippen LogP contribution in [0.4, 0.5) is 24.8 Å². The number of aromatic amines is 1. The van der Waals surface area contributed by atoms with Crippen LogP contribution >= 0.6 is 0 Å². The molecule has 0 atom stereocenters. The number of rotatable bonds is 4. The zero-order valence-electron chi connectivity index (χ0n) is 13.9. The topological polar surface area (TPSA) is 97.7 Å². The summed E-state index contributed by atoms with van der Waals surface area (Å²) in [6.07, 6.45) is -3.61. The van der Waals surface area contributed by atoms with E-state index in [2.05, 4.69) is 30.0 Å². The maximum Gasteiger partial charge on any atom is 0.573 e. The van der Waals surface area contributed by atoms with E-state index in [4.69, 9.17) is 0 Å². The molecule has 2 heterocycles. The Kier molecular flexibility index (Phi) is 4.18. The molecule has 0 aliphatic carbocycles. The van der Waals surface area contributed by atoms with E-state index >= 15 is 0 Å². The van der Waals surface area contributed by atoms with Gasteiger partial charge < -0.3 is 15.0 Å². The fourth-order valence-electron chi connectivity index (χ4n) is 2.61. The van der Waals surface area contributed by atoms with E-state index < -0.39 is 12.1 Å². The van der Waals surface area contributed by atoms with Gasteiger partial charge in [-0.25, -0.2) is 19.3 Å². The van der Waals surface area contributed by atoms with E-state index in [1.165, 1.54) is 29.1 Å². The lowest BCUT2D eigenvalue weighted by molar-refractivity contribution is -0.274. The molecule has 142 valence electrons. The highest BCUT2D eigenvalue weighted by atomic mass is 19.4. The van der Waals surface area contributed by atoms with Crippen molar-refractivity contribution in [2.75, 3.05) is 5.32 Å². The fraction of sp³-hybridized carbons (Fsp3) is 0.0588. The summed E-state index contributed by atoms with van der Waals surface area (Å²) < 4.78 is 42.2. The number of fused-ring (bicyclic) bond motifs is 1. The number of alkyl halides is 3. The third kappa shape index (κ3) is 3.63. The Bertz CT molecular complexity index is 1200. The quantitative estimate of drug-likeness (QED) is 0.557. The molecule has 4 rings (SSSR count). The van der Waals surface area contributed by atoms with Gasteiger partial charge in [0.1, 0.15) is 12.1 Å². The summed E-state index contributed by atoms with van der Waals surface area (Å²) in [5.41, 5.74) is 1.02. The molecule has 0 bridgehead atoms. The van der Waals surface area contributed by atoms with Crippen LogP contribution in [0.25, 0.3) is 17.0 Å². The maximum absolute atomic E-state index is 12.4. The highest BCUT2D eigenvalue weighted by molar-refractivity contribution is 5.76. The molecule has 2 N–H and O–H groups in total. The Morgan fingerprint density at radius 2 is 1.89 bits per heavy atom. The molecule has 2 aromatic heterocycles. The molecule has 0 radical (unpaired) electrons. The normalized spacial score (nSPS) is 11.5. The summed E-state index contributed by atoms with van der Waals surface area (Å²) in [5.74, 6) is -0.284. The van der Waals surface area contributed by atoms with Crippen LogP contribution in [-0.2, 0) is 0 Å². The molecule has 0 unspecified atom stereocenters. The molecule has 8 nitrogen and oxygen atoms in total. The molecule has 0 amide bonds. The second kappa shape index (κ2) is 6.68. The average Bonchev–Trinajstić information content (AvgIpc) is 2.96. The first-order valence-corrected chi connectivity index (χ1v) is 7.91.